The molecule has 0 aliphatic rings. The summed E-state index contributed by atoms with van der Waals surface area (Å²) in [6.45, 7) is -0.230. The van der Waals surface area contributed by atoms with Gasteiger partial charge in [0.1, 0.15) is 23.2 Å². The van der Waals surface area contributed by atoms with Gasteiger partial charge in [-0.1, -0.05) is 18.2 Å². The highest BCUT2D eigenvalue weighted by Gasteiger charge is 2.14. The molecule has 1 aromatic carbocycles. The number of amides is 1. The maximum Gasteiger partial charge on any atom is 0.255 e. The number of pyridine rings is 2. The summed E-state index contributed by atoms with van der Waals surface area (Å²) in [5.41, 5.74) is 13.9. The van der Waals surface area contributed by atoms with Crippen LogP contribution in [0.5, 0.6) is 5.75 Å². The molecule has 2 aromatic heterocycles. The predicted molar refractivity (Wildman–Crippen MR) is 96.7 cm³/mol. The topological polar surface area (TPSA) is 128 Å². The van der Waals surface area contributed by atoms with Crippen LogP contribution in [0.4, 0.5) is 5.82 Å². The fourth-order valence-corrected chi connectivity index (χ4v) is 2.46. The fourth-order valence-electron chi connectivity index (χ4n) is 2.46. The van der Waals surface area contributed by atoms with Crippen molar-refractivity contribution in [1.29, 1.82) is 5.26 Å². The highest BCUT2D eigenvalue weighted by Crippen LogP contribution is 2.32. The van der Waals surface area contributed by atoms with E-state index in [9.17, 15) is 10.1 Å². The van der Waals surface area contributed by atoms with E-state index in [-0.39, 0.29) is 18.0 Å². The van der Waals surface area contributed by atoms with Gasteiger partial charge in [-0.2, -0.15) is 5.26 Å². The lowest BCUT2D eigenvalue weighted by atomic mass is 9.99. The second-order valence-electron chi connectivity index (χ2n) is 5.42. The Morgan fingerprint density at radius 2 is 2.00 bits per heavy atom. The van der Waals surface area contributed by atoms with Gasteiger partial charge in [0.2, 0.25) is 0 Å². The second-order valence-corrected chi connectivity index (χ2v) is 5.42. The summed E-state index contributed by atoms with van der Waals surface area (Å²) in [4.78, 5) is 19.4. The number of nitrogens with zero attached hydrogens (tertiary/aromatic N) is 3. The standard InChI is InChI=1S/C19H15N5O2/c20-10-15-14(12-4-3-5-13(8-12)26-11-18(21)25)9-17(24-19(15)22)16-6-1-2-7-23-16/h1-9H,11H2,(H2,21,25)(H2,22,24). The maximum atomic E-state index is 10.9. The largest absolute Gasteiger partial charge is 0.484 e. The number of hydrogen-bond acceptors (Lipinski definition) is 6. The zero-order chi connectivity index (χ0) is 18.5. The van der Waals surface area contributed by atoms with E-state index in [2.05, 4.69) is 16.0 Å². The van der Waals surface area contributed by atoms with Crippen LogP contribution in [0.1, 0.15) is 5.56 Å². The van der Waals surface area contributed by atoms with Gasteiger partial charge in [0, 0.05) is 11.8 Å². The number of rotatable bonds is 5. The van der Waals surface area contributed by atoms with Crippen molar-refractivity contribution in [3.8, 4) is 34.3 Å². The van der Waals surface area contributed by atoms with Gasteiger partial charge in [0.05, 0.1) is 11.4 Å². The molecule has 0 aliphatic heterocycles. The van der Waals surface area contributed by atoms with Crippen molar-refractivity contribution in [3.63, 3.8) is 0 Å². The molecule has 7 heteroatoms. The molecule has 0 saturated carbocycles. The van der Waals surface area contributed by atoms with Gasteiger partial charge in [-0.15, -0.1) is 0 Å². The van der Waals surface area contributed by atoms with E-state index in [1.165, 1.54) is 0 Å². The summed E-state index contributed by atoms with van der Waals surface area (Å²) in [5.74, 6) is 0.00720. The number of carbonyl (C=O) groups excluding carboxylic acids is 1. The van der Waals surface area contributed by atoms with Gasteiger partial charge in [0.15, 0.2) is 6.61 Å². The van der Waals surface area contributed by atoms with Gasteiger partial charge in [-0.3, -0.25) is 9.78 Å². The molecule has 128 valence electrons. The molecule has 3 aromatic rings. The first kappa shape index (κ1) is 16.9. The average Bonchev–Trinajstić information content (AvgIpc) is 2.66. The quantitative estimate of drug-likeness (QED) is 0.729. The Hall–Kier alpha value is -3.92. The number of ether oxygens (including phenoxy) is 1. The molecule has 7 nitrogen and oxygen atoms in total. The molecular formula is C19H15N5O2. The Bertz CT molecular complexity index is 997. The summed E-state index contributed by atoms with van der Waals surface area (Å²) >= 11 is 0. The van der Waals surface area contributed by atoms with Crippen LogP contribution in [0.15, 0.2) is 54.7 Å². The van der Waals surface area contributed by atoms with Crippen molar-refractivity contribution in [2.75, 3.05) is 12.3 Å². The number of benzene rings is 1. The van der Waals surface area contributed by atoms with Gasteiger partial charge in [0.25, 0.3) is 5.91 Å². The van der Waals surface area contributed by atoms with Crippen LogP contribution >= 0.6 is 0 Å². The smallest absolute Gasteiger partial charge is 0.255 e. The first-order chi connectivity index (χ1) is 12.6. The van der Waals surface area contributed by atoms with E-state index >= 15 is 0 Å². The Morgan fingerprint density at radius 3 is 2.69 bits per heavy atom. The molecule has 26 heavy (non-hydrogen) atoms. The van der Waals surface area contributed by atoms with E-state index < -0.39 is 5.91 Å². The molecule has 0 radical (unpaired) electrons. The second kappa shape index (κ2) is 7.32. The molecule has 2 heterocycles. The fraction of sp³-hybridized carbons (Fsp3) is 0.0526. The van der Waals surface area contributed by atoms with Crippen LogP contribution in [0.25, 0.3) is 22.5 Å². The highest BCUT2D eigenvalue weighted by molar-refractivity contribution is 5.80. The summed E-state index contributed by atoms with van der Waals surface area (Å²) in [6.07, 6.45) is 1.66. The molecule has 0 fully saturated rings. The number of hydrogen-bond donors (Lipinski definition) is 2. The van der Waals surface area contributed by atoms with Crippen LogP contribution in [0, 0.1) is 11.3 Å². The third-order valence-corrected chi connectivity index (χ3v) is 3.61. The monoisotopic (exact) mass is 345 g/mol. The summed E-state index contributed by atoms with van der Waals surface area (Å²) in [5, 5.41) is 9.49. The van der Waals surface area contributed by atoms with Crippen LogP contribution in [-0.4, -0.2) is 22.5 Å². The minimum Gasteiger partial charge on any atom is -0.484 e. The SMILES string of the molecule is N#Cc1c(-c2cccc(OCC(N)=O)c2)cc(-c2ccccn2)nc1N. The Labute approximate surface area is 149 Å². The normalized spacial score (nSPS) is 10.1. The first-order valence-corrected chi connectivity index (χ1v) is 7.72. The van der Waals surface area contributed by atoms with Crippen molar-refractivity contribution in [2.24, 2.45) is 5.73 Å². The van der Waals surface area contributed by atoms with Crippen molar-refractivity contribution in [1.82, 2.24) is 9.97 Å². The Kier molecular flexibility index (Phi) is 4.76. The molecule has 0 spiro atoms. The summed E-state index contributed by atoms with van der Waals surface area (Å²) in [6, 6.07) is 16.3. The van der Waals surface area contributed by atoms with Gasteiger partial charge in [-0.25, -0.2) is 4.98 Å². The minimum atomic E-state index is -0.571. The van der Waals surface area contributed by atoms with Crippen LogP contribution < -0.4 is 16.2 Å². The molecule has 1 amide bonds. The number of nitrogens with two attached hydrogens (primary N) is 2. The third-order valence-electron chi connectivity index (χ3n) is 3.61. The highest BCUT2D eigenvalue weighted by atomic mass is 16.5. The maximum absolute atomic E-state index is 10.9. The third kappa shape index (κ3) is 3.60. The van der Waals surface area contributed by atoms with E-state index in [1.807, 2.05) is 18.2 Å². The lowest BCUT2D eigenvalue weighted by Gasteiger charge is -2.11. The summed E-state index contributed by atoms with van der Waals surface area (Å²) in [7, 11) is 0. The number of aromatic nitrogens is 2. The van der Waals surface area contributed by atoms with E-state index in [0.29, 0.717) is 28.3 Å². The Balaban J connectivity index is 2.09. The summed E-state index contributed by atoms with van der Waals surface area (Å²) < 4.78 is 5.33. The lowest BCUT2D eigenvalue weighted by molar-refractivity contribution is -0.119. The number of nitriles is 1. The molecule has 3 rings (SSSR count). The van der Waals surface area contributed by atoms with Crippen LogP contribution in [0.2, 0.25) is 0 Å². The lowest BCUT2D eigenvalue weighted by Crippen LogP contribution is -2.19. The number of nitrogen functional groups attached to an aromatic ring is 1. The van der Waals surface area contributed by atoms with Crippen molar-refractivity contribution in [2.45, 2.75) is 0 Å². The van der Waals surface area contributed by atoms with Crippen LogP contribution in [-0.2, 0) is 4.79 Å². The van der Waals surface area contributed by atoms with Crippen molar-refractivity contribution >= 4 is 11.7 Å². The number of carbonyl (C=O) groups is 1. The van der Waals surface area contributed by atoms with E-state index in [0.717, 1.165) is 0 Å². The van der Waals surface area contributed by atoms with Crippen molar-refractivity contribution in [3.05, 3.63) is 60.3 Å². The predicted octanol–water partition coefficient (Wildman–Crippen LogP) is 2.13. The first-order valence-electron chi connectivity index (χ1n) is 7.72. The Morgan fingerprint density at radius 1 is 1.15 bits per heavy atom. The molecule has 0 saturated heterocycles. The van der Waals surface area contributed by atoms with Gasteiger partial charge < -0.3 is 16.2 Å². The number of anilines is 1. The van der Waals surface area contributed by atoms with Crippen LogP contribution in [0.3, 0.4) is 0 Å². The molecule has 0 bridgehead atoms. The van der Waals surface area contributed by atoms with Gasteiger partial charge >= 0.3 is 0 Å². The van der Waals surface area contributed by atoms with E-state index in [1.54, 1.807) is 36.5 Å². The minimum absolute atomic E-state index is 0.120. The average molecular weight is 345 g/mol. The molecule has 0 unspecified atom stereocenters. The van der Waals surface area contributed by atoms with Crippen molar-refractivity contribution < 1.29 is 9.53 Å². The zero-order valence-corrected chi connectivity index (χ0v) is 13.7. The zero-order valence-electron chi connectivity index (χ0n) is 13.7. The molecular weight excluding hydrogens is 330 g/mol. The molecule has 0 atom stereocenters. The number of primary amides is 1. The van der Waals surface area contributed by atoms with Gasteiger partial charge in [-0.05, 0) is 35.9 Å². The molecule has 4 N–H and O–H groups in total. The molecule has 0 aliphatic carbocycles. The van der Waals surface area contributed by atoms with E-state index in [4.69, 9.17) is 16.2 Å².